The number of rotatable bonds is 4. The van der Waals surface area contributed by atoms with Crippen molar-refractivity contribution in [3.63, 3.8) is 0 Å². The molecule has 0 amide bonds. The predicted molar refractivity (Wildman–Crippen MR) is 75.7 cm³/mol. The van der Waals surface area contributed by atoms with Gasteiger partial charge in [-0.25, -0.2) is 8.78 Å². The average molecular weight is 345 g/mol. The molecule has 3 nitrogen and oxygen atoms in total. The summed E-state index contributed by atoms with van der Waals surface area (Å²) < 4.78 is 27.5. The number of aliphatic hydroxyl groups is 1. The van der Waals surface area contributed by atoms with Crippen LogP contribution in [0.5, 0.6) is 0 Å². The third-order valence-corrected chi connectivity index (χ3v) is 4.25. The molecule has 0 aliphatic carbocycles. The Morgan fingerprint density at radius 2 is 1.80 bits per heavy atom. The van der Waals surface area contributed by atoms with E-state index < -0.39 is 12.5 Å². The lowest BCUT2D eigenvalue weighted by molar-refractivity contribution is 0.150. The van der Waals surface area contributed by atoms with Crippen LogP contribution in [0.3, 0.4) is 0 Å². The molecule has 0 aliphatic rings. The minimum absolute atomic E-state index is 0.0430. The molecule has 0 spiro atoms. The number of benzene rings is 1. The van der Waals surface area contributed by atoms with Crippen molar-refractivity contribution >= 4 is 15.9 Å². The fourth-order valence-electron chi connectivity index (χ4n) is 2.07. The molecule has 1 atom stereocenters. The zero-order valence-corrected chi connectivity index (χ0v) is 12.7. The van der Waals surface area contributed by atoms with Gasteiger partial charge in [0.05, 0.1) is 22.0 Å². The lowest BCUT2D eigenvalue weighted by Crippen LogP contribution is -2.07. The summed E-state index contributed by atoms with van der Waals surface area (Å²) in [6.45, 7) is 1.87. The molecule has 0 saturated carbocycles. The Bertz CT molecular complexity index is 596. The summed E-state index contributed by atoms with van der Waals surface area (Å²) in [5.41, 5.74) is 2.29. The molecule has 0 saturated heterocycles. The smallest absolute Gasteiger partial charge is 0.263 e. The lowest BCUT2D eigenvalue weighted by Gasteiger charge is -2.12. The lowest BCUT2D eigenvalue weighted by atomic mass is 10.0. The Morgan fingerprint density at radius 1 is 1.25 bits per heavy atom. The van der Waals surface area contributed by atoms with Crippen molar-refractivity contribution in [3.05, 3.63) is 51.3 Å². The van der Waals surface area contributed by atoms with Crippen LogP contribution in [0, 0.1) is 6.92 Å². The van der Waals surface area contributed by atoms with Crippen molar-refractivity contribution < 1.29 is 13.9 Å². The highest BCUT2D eigenvalue weighted by Crippen LogP contribution is 2.27. The average Bonchev–Trinajstić information content (AvgIpc) is 2.65. The predicted octanol–water partition coefficient (Wildman–Crippen LogP) is 3.70. The molecule has 0 radical (unpaired) electrons. The van der Waals surface area contributed by atoms with Gasteiger partial charge in [-0.2, -0.15) is 5.10 Å². The number of aliphatic hydroxyl groups excluding tert-OH is 1. The van der Waals surface area contributed by atoms with Gasteiger partial charge in [0.1, 0.15) is 0 Å². The van der Waals surface area contributed by atoms with Crippen molar-refractivity contribution in [1.29, 1.82) is 0 Å². The van der Waals surface area contributed by atoms with Gasteiger partial charge in [-0.15, -0.1) is 0 Å². The molecule has 1 aromatic heterocycles. The number of halogens is 3. The second-order valence-corrected chi connectivity index (χ2v) is 5.45. The van der Waals surface area contributed by atoms with Crippen LogP contribution in [0.15, 0.2) is 28.7 Å². The van der Waals surface area contributed by atoms with E-state index in [1.54, 1.807) is 11.7 Å². The van der Waals surface area contributed by atoms with Crippen molar-refractivity contribution in [2.75, 3.05) is 0 Å². The SMILES string of the molecule is Cc1nn(C)c(CC(O)c2ccc(C(F)F)cc2)c1Br. The fourth-order valence-corrected chi connectivity index (χ4v) is 2.56. The van der Waals surface area contributed by atoms with Crippen LogP contribution in [0.1, 0.15) is 35.0 Å². The molecule has 20 heavy (non-hydrogen) atoms. The normalized spacial score (nSPS) is 12.9. The summed E-state index contributed by atoms with van der Waals surface area (Å²) in [6.07, 6.45) is -2.88. The van der Waals surface area contributed by atoms with E-state index >= 15 is 0 Å². The first-order chi connectivity index (χ1) is 9.40. The Hall–Kier alpha value is -1.27. The van der Waals surface area contributed by atoms with Crippen LogP contribution < -0.4 is 0 Å². The second-order valence-electron chi connectivity index (χ2n) is 4.66. The summed E-state index contributed by atoms with van der Waals surface area (Å²) in [5.74, 6) is 0. The van der Waals surface area contributed by atoms with Crippen LogP contribution in [-0.4, -0.2) is 14.9 Å². The summed E-state index contributed by atoms with van der Waals surface area (Å²) in [4.78, 5) is 0. The van der Waals surface area contributed by atoms with Gasteiger partial charge in [0.2, 0.25) is 0 Å². The van der Waals surface area contributed by atoms with Gasteiger partial charge in [-0.3, -0.25) is 4.68 Å². The Kier molecular flexibility index (Phi) is 4.55. The van der Waals surface area contributed by atoms with Crippen molar-refractivity contribution in [1.82, 2.24) is 9.78 Å². The zero-order chi connectivity index (χ0) is 14.9. The maximum absolute atomic E-state index is 12.5. The Morgan fingerprint density at radius 3 is 2.25 bits per heavy atom. The molecular formula is C14H15BrF2N2O. The minimum Gasteiger partial charge on any atom is -0.388 e. The topological polar surface area (TPSA) is 38.0 Å². The summed E-state index contributed by atoms with van der Waals surface area (Å²) in [6, 6.07) is 5.74. The quantitative estimate of drug-likeness (QED) is 0.918. The van der Waals surface area contributed by atoms with E-state index in [0.717, 1.165) is 15.9 Å². The van der Waals surface area contributed by atoms with Crippen LogP contribution in [0.2, 0.25) is 0 Å². The van der Waals surface area contributed by atoms with Gasteiger partial charge in [0, 0.05) is 19.0 Å². The van der Waals surface area contributed by atoms with E-state index in [-0.39, 0.29) is 5.56 Å². The number of hydrogen-bond acceptors (Lipinski definition) is 2. The standard InChI is InChI=1S/C14H15BrF2N2O/c1-8-13(15)11(19(2)18-8)7-12(20)9-3-5-10(6-4-9)14(16)17/h3-6,12,14,20H,7H2,1-2H3. The first-order valence-electron chi connectivity index (χ1n) is 6.14. The fraction of sp³-hybridized carbons (Fsp3) is 0.357. The molecule has 108 valence electrons. The van der Waals surface area contributed by atoms with Gasteiger partial charge in [-0.05, 0) is 28.4 Å². The van der Waals surface area contributed by atoms with E-state index in [9.17, 15) is 13.9 Å². The number of hydrogen-bond donors (Lipinski definition) is 1. The number of nitrogens with zero attached hydrogens (tertiary/aromatic N) is 2. The van der Waals surface area contributed by atoms with Gasteiger partial charge in [0.25, 0.3) is 6.43 Å². The maximum Gasteiger partial charge on any atom is 0.263 e. The van der Waals surface area contributed by atoms with Gasteiger partial charge < -0.3 is 5.11 Å². The molecule has 1 aromatic carbocycles. The number of alkyl halides is 2. The number of aromatic nitrogens is 2. The Balaban J connectivity index is 2.17. The highest BCUT2D eigenvalue weighted by atomic mass is 79.9. The molecular weight excluding hydrogens is 330 g/mol. The highest BCUT2D eigenvalue weighted by Gasteiger charge is 2.17. The van der Waals surface area contributed by atoms with Crippen LogP contribution >= 0.6 is 15.9 Å². The van der Waals surface area contributed by atoms with Crippen LogP contribution in [0.4, 0.5) is 8.78 Å². The van der Waals surface area contributed by atoms with Crippen LogP contribution in [0.25, 0.3) is 0 Å². The molecule has 0 fully saturated rings. The molecule has 6 heteroatoms. The highest BCUT2D eigenvalue weighted by molar-refractivity contribution is 9.10. The largest absolute Gasteiger partial charge is 0.388 e. The molecule has 1 unspecified atom stereocenters. The van der Waals surface area contributed by atoms with Crippen molar-refractivity contribution in [2.24, 2.45) is 7.05 Å². The Labute approximate surface area is 124 Å². The van der Waals surface area contributed by atoms with Crippen molar-refractivity contribution in [3.8, 4) is 0 Å². The van der Waals surface area contributed by atoms with E-state index in [0.29, 0.717) is 12.0 Å². The van der Waals surface area contributed by atoms with E-state index in [1.165, 1.54) is 24.3 Å². The van der Waals surface area contributed by atoms with Crippen LogP contribution in [-0.2, 0) is 13.5 Å². The monoisotopic (exact) mass is 344 g/mol. The summed E-state index contributed by atoms with van der Waals surface area (Å²) in [5, 5.41) is 14.5. The van der Waals surface area contributed by atoms with E-state index in [2.05, 4.69) is 21.0 Å². The molecule has 1 N–H and O–H groups in total. The first kappa shape index (κ1) is 15.1. The molecule has 2 aromatic rings. The first-order valence-corrected chi connectivity index (χ1v) is 6.93. The number of aryl methyl sites for hydroxylation is 2. The maximum atomic E-state index is 12.5. The van der Waals surface area contributed by atoms with E-state index in [1.807, 2.05) is 6.92 Å². The van der Waals surface area contributed by atoms with Gasteiger partial charge in [-0.1, -0.05) is 24.3 Å². The molecule has 1 heterocycles. The third-order valence-electron chi connectivity index (χ3n) is 3.22. The second kappa shape index (κ2) is 6.01. The van der Waals surface area contributed by atoms with E-state index in [4.69, 9.17) is 0 Å². The van der Waals surface area contributed by atoms with Gasteiger partial charge in [0.15, 0.2) is 0 Å². The summed E-state index contributed by atoms with van der Waals surface area (Å²) in [7, 11) is 1.81. The molecule has 0 bridgehead atoms. The summed E-state index contributed by atoms with van der Waals surface area (Å²) >= 11 is 3.44. The third kappa shape index (κ3) is 3.07. The van der Waals surface area contributed by atoms with Gasteiger partial charge >= 0.3 is 0 Å². The molecule has 2 rings (SSSR count). The van der Waals surface area contributed by atoms with Crippen molar-refractivity contribution in [2.45, 2.75) is 25.9 Å². The molecule has 0 aliphatic heterocycles. The minimum atomic E-state index is -2.49. The zero-order valence-electron chi connectivity index (χ0n) is 11.1.